The minimum Gasteiger partial charge on any atom is -0.396 e. The Labute approximate surface area is 96.7 Å². The lowest BCUT2D eigenvalue weighted by Crippen LogP contribution is -2.22. The molecule has 0 bridgehead atoms. The van der Waals surface area contributed by atoms with Crippen LogP contribution in [0.25, 0.3) is 0 Å². The second-order valence-electron chi connectivity index (χ2n) is 4.11. The van der Waals surface area contributed by atoms with Gasteiger partial charge in [-0.3, -0.25) is 0 Å². The van der Waals surface area contributed by atoms with Gasteiger partial charge in [0.25, 0.3) is 0 Å². The van der Waals surface area contributed by atoms with E-state index >= 15 is 0 Å². The van der Waals surface area contributed by atoms with E-state index in [2.05, 4.69) is 11.9 Å². The van der Waals surface area contributed by atoms with Gasteiger partial charge in [-0.2, -0.15) is 0 Å². The van der Waals surface area contributed by atoms with Gasteiger partial charge in [0.2, 0.25) is 0 Å². The Kier molecular flexibility index (Phi) is 6.04. The van der Waals surface area contributed by atoms with Gasteiger partial charge in [0.15, 0.2) is 0 Å². The van der Waals surface area contributed by atoms with Crippen molar-refractivity contribution < 1.29 is 9.50 Å². The van der Waals surface area contributed by atoms with Gasteiger partial charge in [0.05, 0.1) is 0 Å². The Hall–Kier alpha value is -0.930. The van der Waals surface area contributed by atoms with E-state index in [9.17, 15) is 4.39 Å². The fourth-order valence-corrected chi connectivity index (χ4v) is 1.58. The van der Waals surface area contributed by atoms with Crippen LogP contribution in [0.5, 0.6) is 0 Å². The zero-order chi connectivity index (χ0) is 11.8. The maximum absolute atomic E-state index is 12.7. The molecule has 1 aromatic carbocycles. The first-order valence-electron chi connectivity index (χ1n) is 5.76. The van der Waals surface area contributed by atoms with Crippen LogP contribution in [0.2, 0.25) is 0 Å². The number of aliphatic hydroxyl groups excluding tert-OH is 1. The first-order valence-corrected chi connectivity index (χ1v) is 5.76. The Morgan fingerprint density at radius 2 is 1.81 bits per heavy atom. The number of hydrogen-bond donors (Lipinski definition) is 1. The van der Waals surface area contributed by atoms with E-state index in [1.165, 1.54) is 12.1 Å². The third kappa shape index (κ3) is 5.24. The van der Waals surface area contributed by atoms with Crippen molar-refractivity contribution in [2.24, 2.45) is 0 Å². The molecule has 0 atom stereocenters. The summed E-state index contributed by atoms with van der Waals surface area (Å²) in [5.74, 6) is -0.181. The Bertz CT molecular complexity index is 286. The van der Waals surface area contributed by atoms with E-state index in [0.717, 1.165) is 37.9 Å². The smallest absolute Gasteiger partial charge is 0.123 e. The minimum atomic E-state index is -0.181. The van der Waals surface area contributed by atoms with E-state index in [0.29, 0.717) is 0 Å². The number of nitrogens with zero attached hydrogens (tertiary/aromatic N) is 1. The minimum absolute atomic E-state index is 0.181. The zero-order valence-corrected chi connectivity index (χ0v) is 9.82. The van der Waals surface area contributed by atoms with Crippen molar-refractivity contribution in [1.82, 2.24) is 4.90 Å². The van der Waals surface area contributed by atoms with Crippen molar-refractivity contribution in [3.05, 3.63) is 35.6 Å². The molecule has 0 aliphatic carbocycles. The molecule has 0 unspecified atom stereocenters. The average molecular weight is 225 g/mol. The van der Waals surface area contributed by atoms with Crippen LogP contribution in [0.1, 0.15) is 18.4 Å². The van der Waals surface area contributed by atoms with Crippen molar-refractivity contribution in [2.45, 2.75) is 19.3 Å². The van der Waals surface area contributed by atoms with Crippen LogP contribution in [0.4, 0.5) is 4.39 Å². The summed E-state index contributed by atoms with van der Waals surface area (Å²) in [6, 6.07) is 6.66. The summed E-state index contributed by atoms with van der Waals surface area (Å²) in [6.45, 7) is 2.24. The lowest BCUT2D eigenvalue weighted by molar-refractivity contribution is 0.264. The normalized spacial score (nSPS) is 11.0. The zero-order valence-electron chi connectivity index (χ0n) is 9.82. The van der Waals surface area contributed by atoms with E-state index in [1.54, 1.807) is 0 Å². The molecule has 0 radical (unpaired) electrons. The summed E-state index contributed by atoms with van der Waals surface area (Å²) in [7, 11) is 2.07. The fourth-order valence-electron chi connectivity index (χ4n) is 1.58. The van der Waals surface area contributed by atoms with Crippen LogP contribution in [0, 0.1) is 5.82 Å². The monoisotopic (exact) mass is 225 g/mol. The lowest BCUT2D eigenvalue weighted by Gasteiger charge is -2.16. The van der Waals surface area contributed by atoms with Crippen LogP contribution in [-0.4, -0.2) is 36.8 Å². The van der Waals surface area contributed by atoms with Crippen LogP contribution in [0.15, 0.2) is 24.3 Å². The quantitative estimate of drug-likeness (QED) is 0.718. The topological polar surface area (TPSA) is 23.5 Å². The molecule has 1 rings (SSSR count). The molecule has 0 fully saturated rings. The van der Waals surface area contributed by atoms with Crippen molar-refractivity contribution >= 4 is 0 Å². The second kappa shape index (κ2) is 7.36. The molecule has 0 aromatic heterocycles. The number of aliphatic hydroxyl groups is 1. The second-order valence-corrected chi connectivity index (χ2v) is 4.11. The molecule has 0 spiro atoms. The SMILES string of the molecule is CN(CCCCO)CCc1ccc(F)cc1. The van der Waals surface area contributed by atoms with Crippen LogP contribution >= 0.6 is 0 Å². The first kappa shape index (κ1) is 13.1. The van der Waals surface area contributed by atoms with Gasteiger partial charge in [-0.25, -0.2) is 4.39 Å². The number of halogens is 1. The van der Waals surface area contributed by atoms with E-state index in [-0.39, 0.29) is 12.4 Å². The molecule has 0 saturated heterocycles. The van der Waals surface area contributed by atoms with Crippen molar-refractivity contribution in [2.75, 3.05) is 26.7 Å². The predicted octanol–water partition coefficient (Wildman–Crippen LogP) is 2.07. The Morgan fingerprint density at radius 3 is 2.44 bits per heavy atom. The molecular weight excluding hydrogens is 205 g/mol. The highest BCUT2D eigenvalue weighted by molar-refractivity contribution is 5.16. The molecule has 16 heavy (non-hydrogen) atoms. The van der Waals surface area contributed by atoms with Gasteiger partial charge in [-0.1, -0.05) is 12.1 Å². The molecular formula is C13H20FNO. The van der Waals surface area contributed by atoms with Gasteiger partial charge in [-0.05, 0) is 50.6 Å². The van der Waals surface area contributed by atoms with Gasteiger partial charge >= 0.3 is 0 Å². The summed E-state index contributed by atoms with van der Waals surface area (Å²) < 4.78 is 12.7. The molecule has 90 valence electrons. The van der Waals surface area contributed by atoms with E-state index < -0.39 is 0 Å². The molecule has 0 aliphatic rings. The van der Waals surface area contributed by atoms with E-state index in [4.69, 9.17) is 5.11 Å². The summed E-state index contributed by atoms with van der Waals surface area (Å²) in [4.78, 5) is 2.24. The molecule has 3 heteroatoms. The Balaban J connectivity index is 2.20. The van der Waals surface area contributed by atoms with Gasteiger partial charge in [-0.15, -0.1) is 0 Å². The van der Waals surface area contributed by atoms with Gasteiger partial charge in [0, 0.05) is 13.2 Å². The summed E-state index contributed by atoms with van der Waals surface area (Å²) in [6.07, 6.45) is 2.83. The predicted molar refractivity (Wildman–Crippen MR) is 63.9 cm³/mol. The number of rotatable bonds is 7. The first-order chi connectivity index (χ1) is 7.72. The fraction of sp³-hybridized carbons (Fsp3) is 0.538. The van der Waals surface area contributed by atoms with Gasteiger partial charge < -0.3 is 10.0 Å². The third-order valence-electron chi connectivity index (χ3n) is 2.64. The molecule has 2 nitrogen and oxygen atoms in total. The van der Waals surface area contributed by atoms with Crippen molar-refractivity contribution in [3.63, 3.8) is 0 Å². The van der Waals surface area contributed by atoms with Crippen molar-refractivity contribution in [1.29, 1.82) is 0 Å². The Morgan fingerprint density at radius 1 is 1.12 bits per heavy atom. The highest BCUT2D eigenvalue weighted by Crippen LogP contribution is 2.04. The van der Waals surface area contributed by atoms with E-state index in [1.807, 2.05) is 12.1 Å². The molecule has 1 N–H and O–H groups in total. The number of hydrogen-bond acceptors (Lipinski definition) is 2. The van der Waals surface area contributed by atoms with Crippen molar-refractivity contribution in [3.8, 4) is 0 Å². The summed E-state index contributed by atoms with van der Waals surface area (Å²) >= 11 is 0. The van der Waals surface area contributed by atoms with Crippen LogP contribution < -0.4 is 0 Å². The molecule has 0 saturated carbocycles. The molecule has 0 aliphatic heterocycles. The maximum atomic E-state index is 12.7. The summed E-state index contributed by atoms with van der Waals surface area (Å²) in [5, 5.41) is 8.66. The summed E-state index contributed by atoms with van der Waals surface area (Å²) in [5.41, 5.74) is 1.16. The highest BCUT2D eigenvalue weighted by atomic mass is 19.1. The molecule has 0 heterocycles. The van der Waals surface area contributed by atoms with Gasteiger partial charge in [0.1, 0.15) is 5.82 Å². The molecule has 1 aromatic rings. The average Bonchev–Trinajstić information content (AvgIpc) is 2.29. The number of unbranched alkanes of at least 4 members (excludes halogenated alkanes) is 1. The number of likely N-dealkylation sites (N-methyl/N-ethyl adjacent to an activating group) is 1. The van der Waals surface area contributed by atoms with Crippen LogP contribution in [0.3, 0.4) is 0 Å². The standard InChI is InChI=1S/C13H20FNO/c1-15(9-2-3-11-16)10-8-12-4-6-13(14)7-5-12/h4-7,16H,2-3,8-11H2,1H3. The number of benzene rings is 1. The molecule has 0 amide bonds. The highest BCUT2D eigenvalue weighted by Gasteiger charge is 1.99. The van der Waals surface area contributed by atoms with Crippen LogP contribution in [-0.2, 0) is 6.42 Å². The maximum Gasteiger partial charge on any atom is 0.123 e. The third-order valence-corrected chi connectivity index (χ3v) is 2.64. The lowest BCUT2D eigenvalue weighted by atomic mass is 10.1. The largest absolute Gasteiger partial charge is 0.396 e.